The average molecular weight is 418 g/mol. The zero-order valence-corrected chi connectivity index (χ0v) is 14.1. The fourth-order valence-electron chi connectivity index (χ4n) is 2.37. The molecule has 0 bridgehead atoms. The molecule has 1 fully saturated rings. The Kier molecular flexibility index (Phi) is 5.46. The Hall–Kier alpha value is -2.31. The average Bonchev–Trinajstić information content (AvgIpc) is 2.83. The third-order valence-electron chi connectivity index (χ3n) is 3.62. The Labute approximate surface area is 148 Å². The second kappa shape index (κ2) is 7.02. The van der Waals surface area contributed by atoms with Crippen molar-refractivity contribution in [1.82, 2.24) is 5.32 Å². The van der Waals surface area contributed by atoms with Crippen LogP contribution in [-0.4, -0.2) is 37.8 Å². The first-order valence-electron chi connectivity index (χ1n) is 7.29. The second-order valence-electron chi connectivity index (χ2n) is 5.82. The van der Waals surface area contributed by atoms with E-state index in [9.17, 15) is 44.3 Å². The van der Waals surface area contributed by atoms with E-state index in [1.807, 2.05) is 0 Å². The van der Waals surface area contributed by atoms with Crippen LogP contribution in [-0.2, 0) is 31.8 Å². The van der Waals surface area contributed by atoms with Crippen molar-refractivity contribution in [1.29, 1.82) is 0 Å². The summed E-state index contributed by atoms with van der Waals surface area (Å²) in [5.74, 6) is -3.51. The molecule has 1 unspecified atom stereocenters. The van der Waals surface area contributed by atoms with Crippen molar-refractivity contribution in [3.63, 3.8) is 0 Å². The molecule has 1 heterocycles. The highest BCUT2D eigenvalue weighted by Crippen LogP contribution is 2.37. The van der Waals surface area contributed by atoms with E-state index in [0.29, 0.717) is 0 Å². The highest BCUT2D eigenvalue weighted by molar-refractivity contribution is 7.91. The van der Waals surface area contributed by atoms with Crippen LogP contribution in [0.2, 0.25) is 0 Å². The van der Waals surface area contributed by atoms with E-state index in [0.717, 1.165) is 0 Å². The summed E-state index contributed by atoms with van der Waals surface area (Å²) < 4.78 is 99.1. The van der Waals surface area contributed by atoms with Crippen LogP contribution in [0, 0.1) is 0 Å². The molecular weight excluding hydrogens is 406 g/mol. The minimum Gasteiger partial charge on any atom is -0.344 e. The number of sulfone groups is 1. The molecule has 27 heavy (non-hydrogen) atoms. The number of hydrogen-bond acceptors (Lipinski definition) is 4. The van der Waals surface area contributed by atoms with Gasteiger partial charge in [-0.15, -0.1) is 0 Å². The van der Waals surface area contributed by atoms with Crippen LogP contribution >= 0.6 is 0 Å². The van der Waals surface area contributed by atoms with Crippen LogP contribution in [0.25, 0.3) is 0 Å². The smallest absolute Gasteiger partial charge is 0.344 e. The largest absolute Gasteiger partial charge is 0.416 e. The van der Waals surface area contributed by atoms with Gasteiger partial charge < -0.3 is 10.6 Å². The van der Waals surface area contributed by atoms with E-state index in [1.165, 1.54) is 0 Å². The maximum Gasteiger partial charge on any atom is 0.416 e. The summed E-state index contributed by atoms with van der Waals surface area (Å²) in [6.45, 7) is 0. The molecule has 0 saturated carbocycles. The number of halogens is 6. The molecule has 0 aromatic heterocycles. The Balaban J connectivity index is 2.18. The first-order chi connectivity index (χ1) is 12.2. The maximum atomic E-state index is 12.8. The maximum absolute atomic E-state index is 12.8. The minimum absolute atomic E-state index is 0.0448. The van der Waals surface area contributed by atoms with Crippen LogP contribution in [0.4, 0.5) is 32.0 Å². The standard InChI is InChI=1S/C14H12F6N2O4S/c15-13(16,17)7-3-8(14(18,19)20)5-10(4-7)22-12(24)11(23)21-9-1-2-27(25,26)6-9/h3-5,9H,1-2,6H2,(H,21,23)(H,22,24). The van der Waals surface area contributed by atoms with E-state index in [-0.39, 0.29) is 30.4 Å². The molecule has 2 N–H and O–H groups in total. The van der Waals surface area contributed by atoms with E-state index >= 15 is 0 Å². The molecule has 1 saturated heterocycles. The molecule has 0 aliphatic carbocycles. The van der Waals surface area contributed by atoms with Gasteiger partial charge in [-0.2, -0.15) is 26.3 Å². The van der Waals surface area contributed by atoms with Crippen molar-refractivity contribution in [2.24, 2.45) is 0 Å². The van der Waals surface area contributed by atoms with Crippen LogP contribution < -0.4 is 10.6 Å². The molecular formula is C14H12F6N2O4S. The molecule has 0 radical (unpaired) electrons. The number of nitrogens with one attached hydrogen (secondary N) is 2. The number of carbonyl (C=O) groups excluding carboxylic acids is 2. The lowest BCUT2D eigenvalue weighted by atomic mass is 10.1. The van der Waals surface area contributed by atoms with Gasteiger partial charge in [-0.3, -0.25) is 9.59 Å². The lowest BCUT2D eigenvalue weighted by Crippen LogP contribution is -2.42. The predicted octanol–water partition coefficient (Wildman–Crippen LogP) is 1.97. The van der Waals surface area contributed by atoms with Gasteiger partial charge in [0.15, 0.2) is 9.84 Å². The van der Waals surface area contributed by atoms with Crippen LogP contribution in [0.3, 0.4) is 0 Å². The Morgan fingerprint density at radius 1 is 0.926 bits per heavy atom. The Morgan fingerprint density at radius 3 is 1.85 bits per heavy atom. The van der Waals surface area contributed by atoms with Gasteiger partial charge in [0.05, 0.1) is 22.6 Å². The summed E-state index contributed by atoms with van der Waals surface area (Å²) in [7, 11) is -3.37. The number of rotatable bonds is 2. The van der Waals surface area contributed by atoms with E-state index < -0.39 is 62.6 Å². The molecule has 2 amide bonds. The van der Waals surface area contributed by atoms with Crippen molar-refractivity contribution < 1.29 is 44.3 Å². The molecule has 150 valence electrons. The fourth-order valence-corrected chi connectivity index (χ4v) is 4.05. The van der Waals surface area contributed by atoms with Crippen molar-refractivity contribution in [2.75, 3.05) is 16.8 Å². The minimum atomic E-state index is -5.11. The molecule has 1 atom stereocenters. The van der Waals surface area contributed by atoms with E-state index in [4.69, 9.17) is 0 Å². The molecule has 1 aliphatic rings. The number of alkyl halides is 6. The zero-order valence-electron chi connectivity index (χ0n) is 13.2. The third kappa shape index (κ3) is 5.58. The van der Waals surface area contributed by atoms with Gasteiger partial charge in [0.2, 0.25) is 0 Å². The highest BCUT2D eigenvalue weighted by Gasteiger charge is 2.37. The van der Waals surface area contributed by atoms with Crippen molar-refractivity contribution >= 4 is 27.3 Å². The molecule has 1 aromatic carbocycles. The van der Waals surface area contributed by atoms with Crippen LogP contribution in [0.15, 0.2) is 18.2 Å². The summed E-state index contributed by atoms with van der Waals surface area (Å²) in [5, 5.41) is 3.73. The normalized spacial score (nSPS) is 19.6. The summed E-state index contributed by atoms with van der Waals surface area (Å²) in [5.41, 5.74) is -4.19. The van der Waals surface area contributed by atoms with Gasteiger partial charge in [0, 0.05) is 11.7 Å². The first kappa shape index (κ1) is 21.0. The van der Waals surface area contributed by atoms with Crippen molar-refractivity contribution in [3.05, 3.63) is 29.3 Å². The zero-order chi connectivity index (χ0) is 20.6. The number of carbonyl (C=O) groups is 2. The SMILES string of the molecule is O=C(Nc1cc(C(F)(F)F)cc(C(F)(F)F)c1)C(=O)NC1CCS(=O)(=O)C1. The lowest BCUT2D eigenvalue weighted by molar-refractivity contribution is -0.143. The summed E-state index contributed by atoms with van der Waals surface area (Å²) in [4.78, 5) is 23.5. The van der Waals surface area contributed by atoms with Gasteiger partial charge >= 0.3 is 24.2 Å². The van der Waals surface area contributed by atoms with Crippen LogP contribution in [0.5, 0.6) is 0 Å². The number of hydrogen-bond donors (Lipinski definition) is 2. The second-order valence-corrected chi connectivity index (χ2v) is 8.05. The number of anilines is 1. The Morgan fingerprint density at radius 2 is 1.44 bits per heavy atom. The fraction of sp³-hybridized carbons (Fsp3) is 0.429. The quantitative estimate of drug-likeness (QED) is 0.568. The van der Waals surface area contributed by atoms with Gasteiger partial charge in [-0.25, -0.2) is 8.42 Å². The molecule has 0 spiro atoms. The van der Waals surface area contributed by atoms with Gasteiger partial charge in [-0.05, 0) is 24.6 Å². The molecule has 6 nitrogen and oxygen atoms in total. The van der Waals surface area contributed by atoms with E-state index in [2.05, 4.69) is 5.32 Å². The Bertz CT molecular complexity index is 831. The predicted molar refractivity (Wildman–Crippen MR) is 80.3 cm³/mol. The summed E-state index contributed by atoms with van der Waals surface area (Å²) in [6, 6.07) is -0.486. The monoisotopic (exact) mass is 418 g/mol. The van der Waals surface area contributed by atoms with Gasteiger partial charge in [-0.1, -0.05) is 0 Å². The topological polar surface area (TPSA) is 92.3 Å². The summed E-state index contributed by atoms with van der Waals surface area (Å²) in [6.07, 6.45) is -10.2. The summed E-state index contributed by atoms with van der Waals surface area (Å²) >= 11 is 0. The molecule has 2 rings (SSSR count). The van der Waals surface area contributed by atoms with Gasteiger partial charge in [0.25, 0.3) is 0 Å². The third-order valence-corrected chi connectivity index (χ3v) is 5.39. The van der Waals surface area contributed by atoms with Crippen molar-refractivity contribution in [2.45, 2.75) is 24.8 Å². The van der Waals surface area contributed by atoms with Crippen molar-refractivity contribution in [3.8, 4) is 0 Å². The van der Waals surface area contributed by atoms with Gasteiger partial charge in [0.1, 0.15) is 0 Å². The van der Waals surface area contributed by atoms with Crippen LogP contribution in [0.1, 0.15) is 17.5 Å². The lowest BCUT2D eigenvalue weighted by Gasteiger charge is -2.15. The van der Waals surface area contributed by atoms with E-state index in [1.54, 1.807) is 5.32 Å². The number of benzene rings is 1. The highest BCUT2D eigenvalue weighted by atomic mass is 32.2. The first-order valence-corrected chi connectivity index (χ1v) is 9.11. The molecule has 1 aliphatic heterocycles. The molecule has 13 heteroatoms. The molecule has 1 aromatic rings. The number of amides is 2.